The molecule has 2 aliphatic rings. The lowest BCUT2D eigenvalue weighted by atomic mass is 10.1. The average Bonchev–Trinajstić information content (AvgIpc) is 2.76. The van der Waals surface area contributed by atoms with Crippen LogP contribution in [0.5, 0.6) is 0 Å². The van der Waals surface area contributed by atoms with Crippen molar-refractivity contribution in [3.05, 3.63) is 0 Å². The minimum Gasteiger partial charge on any atom is -0.411 e. The molecule has 0 aromatic rings. The second-order valence-electron chi connectivity index (χ2n) is 7.58. The highest BCUT2D eigenvalue weighted by atomic mass is 16.4. The van der Waals surface area contributed by atoms with Crippen molar-refractivity contribution in [2.24, 2.45) is 10.3 Å². The van der Waals surface area contributed by atoms with Gasteiger partial charge in [0.15, 0.2) is 0 Å². The fraction of sp³-hybridized carbons (Fsp3) is 0.900. The first kappa shape index (κ1) is 24.8. The van der Waals surface area contributed by atoms with Gasteiger partial charge in [-0.3, -0.25) is 0 Å². The van der Waals surface area contributed by atoms with Gasteiger partial charge in [-0.25, -0.2) is 0 Å². The fourth-order valence-corrected chi connectivity index (χ4v) is 3.52. The number of unbranched alkanes of at least 4 members (excludes halogenated alkanes) is 4. The summed E-state index contributed by atoms with van der Waals surface area (Å²) in [5, 5.41) is 40.9. The van der Waals surface area contributed by atoms with E-state index in [0.717, 1.165) is 115 Å². The highest BCUT2D eigenvalue weighted by Crippen LogP contribution is 2.09. The second-order valence-corrected chi connectivity index (χ2v) is 7.58. The molecule has 2 fully saturated rings. The van der Waals surface area contributed by atoms with Crippen LogP contribution in [0, 0.1) is 0 Å². The zero-order valence-electron chi connectivity index (χ0n) is 17.3. The van der Waals surface area contributed by atoms with Crippen LogP contribution >= 0.6 is 0 Å². The number of hydrogen-bond donors (Lipinski definition) is 4. The summed E-state index contributed by atoms with van der Waals surface area (Å²) in [6.07, 6.45) is 9.95. The Labute approximate surface area is 169 Å². The van der Waals surface area contributed by atoms with Gasteiger partial charge in [-0.05, 0) is 51.6 Å². The summed E-state index contributed by atoms with van der Waals surface area (Å²) in [4.78, 5) is 4.79. The van der Waals surface area contributed by atoms with Crippen molar-refractivity contribution in [3.8, 4) is 0 Å². The molecule has 0 bridgehead atoms. The summed E-state index contributed by atoms with van der Waals surface area (Å²) >= 11 is 0. The molecule has 4 N–H and O–H groups in total. The highest BCUT2D eigenvalue weighted by molar-refractivity contribution is 5.85. The molecule has 0 aromatic carbocycles. The standard InChI is InChI=1S/2C10H20N2O2/c2*13-9-3-1-2-6-12-7-4-10(11-14)5-8-12/h2*13-14H,1-9H2. The third kappa shape index (κ3) is 11.6. The minimum absolute atomic E-state index is 0.307. The molecule has 0 atom stereocenters. The molecule has 0 radical (unpaired) electrons. The van der Waals surface area contributed by atoms with Crippen LogP contribution < -0.4 is 0 Å². The van der Waals surface area contributed by atoms with E-state index in [0.29, 0.717) is 13.2 Å². The van der Waals surface area contributed by atoms with Gasteiger partial charge in [0.25, 0.3) is 0 Å². The summed E-state index contributed by atoms with van der Waals surface area (Å²) in [6, 6.07) is 0. The molecule has 0 aliphatic carbocycles. The first-order valence-electron chi connectivity index (χ1n) is 10.8. The lowest BCUT2D eigenvalue weighted by molar-refractivity contribution is 0.247. The van der Waals surface area contributed by atoms with E-state index < -0.39 is 0 Å². The summed E-state index contributed by atoms with van der Waals surface area (Å²) in [7, 11) is 0. The number of aliphatic hydroxyl groups is 2. The lowest BCUT2D eigenvalue weighted by Crippen LogP contribution is -2.34. The number of oxime groups is 2. The van der Waals surface area contributed by atoms with Gasteiger partial charge < -0.3 is 30.4 Å². The van der Waals surface area contributed by atoms with Crippen LogP contribution in [0.2, 0.25) is 0 Å². The van der Waals surface area contributed by atoms with Crippen LogP contribution in [0.1, 0.15) is 64.2 Å². The van der Waals surface area contributed by atoms with E-state index in [1.165, 1.54) is 0 Å². The predicted molar refractivity (Wildman–Crippen MR) is 112 cm³/mol. The molecule has 164 valence electrons. The maximum absolute atomic E-state index is 8.61. The van der Waals surface area contributed by atoms with Crippen molar-refractivity contribution in [2.45, 2.75) is 64.2 Å². The topological polar surface area (TPSA) is 112 Å². The van der Waals surface area contributed by atoms with Gasteiger partial charge in [-0.2, -0.15) is 0 Å². The third-order valence-corrected chi connectivity index (χ3v) is 5.41. The fourth-order valence-electron chi connectivity index (χ4n) is 3.52. The monoisotopic (exact) mass is 400 g/mol. The average molecular weight is 401 g/mol. The Morgan fingerprint density at radius 2 is 0.929 bits per heavy atom. The van der Waals surface area contributed by atoms with Crippen LogP contribution in [0.4, 0.5) is 0 Å². The van der Waals surface area contributed by atoms with Gasteiger partial charge in [0, 0.05) is 65.1 Å². The van der Waals surface area contributed by atoms with Crippen molar-refractivity contribution in [1.82, 2.24) is 9.80 Å². The predicted octanol–water partition coefficient (Wildman–Crippen LogP) is 2.15. The molecule has 8 heteroatoms. The molecule has 0 aromatic heterocycles. The van der Waals surface area contributed by atoms with Crippen LogP contribution in [0.3, 0.4) is 0 Å². The highest BCUT2D eigenvalue weighted by Gasteiger charge is 2.15. The van der Waals surface area contributed by atoms with Crippen molar-refractivity contribution in [1.29, 1.82) is 0 Å². The SMILES string of the molecule is OCCCCCN1CCC(=NO)CC1.OCCCCCN1CCC(=NO)CC1. The normalized spacial score (nSPS) is 18.5. The summed E-state index contributed by atoms with van der Waals surface area (Å²) < 4.78 is 0. The van der Waals surface area contributed by atoms with Crippen LogP contribution in [0.15, 0.2) is 10.3 Å². The molecule has 0 spiro atoms. The molecule has 28 heavy (non-hydrogen) atoms. The van der Waals surface area contributed by atoms with Crippen LogP contribution in [-0.2, 0) is 0 Å². The zero-order valence-corrected chi connectivity index (χ0v) is 17.3. The van der Waals surface area contributed by atoms with Crippen molar-refractivity contribution < 1.29 is 20.6 Å². The Balaban J connectivity index is 0.000000280. The summed E-state index contributed by atoms with van der Waals surface area (Å²) in [5.74, 6) is 0. The van der Waals surface area contributed by atoms with Gasteiger partial charge >= 0.3 is 0 Å². The Kier molecular flexibility index (Phi) is 14.8. The second kappa shape index (κ2) is 16.7. The summed E-state index contributed by atoms with van der Waals surface area (Å²) in [5.41, 5.74) is 1.85. The van der Waals surface area contributed by atoms with E-state index >= 15 is 0 Å². The number of nitrogens with zero attached hydrogens (tertiary/aromatic N) is 4. The number of rotatable bonds is 10. The molecule has 2 rings (SSSR count). The molecule has 0 unspecified atom stereocenters. The maximum atomic E-state index is 8.61. The number of aliphatic hydroxyl groups excluding tert-OH is 2. The van der Waals surface area contributed by atoms with Crippen molar-refractivity contribution in [2.75, 3.05) is 52.5 Å². The van der Waals surface area contributed by atoms with Gasteiger partial charge in [-0.1, -0.05) is 10.3 Å². The zero-order chi connectivity index (χ0) is 20.5. The first-order chi connectivity index (χ1) is 13.7. The van der Waals surface area contributed by atoms with E-state index in [-0.39, 0.29) is 0 Å². The van der Waals surface area contributed by atoms with Crippen molar-refractivity contribution in [3.63, 3.8) is 0 Å². The molecule has 2 aliphatic heterocycles. The number of hydrogen-bond acceptors (Lipinski definition) is 8. The number of likely N-dealkylation sites (tertiary alicyclic amines) is 2. The van der Waals surface area contributed by atoms with Crippen molar-refractivity contribution >= 4 is 11.4 Å². The van der Waals surface area contributed by atoms with E-state index in [1.54, 1.807) is 0 Å². The van der Waals surface area contributed by atoms with E-state index in [1.807, 2.05) is 0 Å². The molecule has 2 saturated heterocycles. The Morgan fingerprint density at radius 1 is 0.571 bits per heavy atom. The first-order valence-corrected chi connectivity index (χ1v) is 10.8. The van der Waals surface area contributed by atoms with Gasteiger partial charge in [-0.15, -0.1) is 0 Å². The third-order valence-electron chi connectivity index (χ3n) is 5.41. The van der Waals surface area contributed by atoms with Gasteiger partial charge in [0.2, 0.25) is 0 Å². The van der Waals surface area contributed by atoms with Gasteiger partial charge in [0.05, 0.1) is 11.4 Å². The largest absolute Gasteiger partial charge is 0.411 e. The Hall–Kier alpha value is -1.22. The Bertz CT molecular complexity index is 386. The maximum Gasteiger partial charge on any atom is 0.0596 e. The quantitative estimate of drug-likeness (QED) is 0.254. The van der Waals surface area contributed by atoms with Crippen LogP contribution in [-0.4, -0.2) is 94.3 Å². The smallest absolute Gasteiger partial charge is 0.0596 e. The number of piperidine rings is 2. The lowest BCUT2D eigenvalue weighted by Gasteiger charge is -2.26. The molecule has 8 nitrogen and oxygen atoms in total. The molecule has 2 heterocycles. The molecular formula is C20H40N4O4. The molecule has 0 amide bonds. The van der Waals surface area contributed by atoms with Crippen LogP contribution in [0.25, 0.3) is 0 Å². The van der Waals surface area contributed by atoms with E-state index in [9.17, 15) is 0 Å². The van der Waals surface area contributed by atoms with E-state index in [4.69, 9.17) is 20.6 Å². The molecule has 0 saturated carbocycles. The minimum atomic E-state index is 0.307. The summed E-state index contributed by atoms with van der Waals surface area (Å²) in [6.45, 7) is 6.88. The Morgan fingerprint density at radius 3 is 1.21 bits per heavy atom. The molecular weight excluding hydrogens is 360 g/mol. The van der Waals surface area contributed by atoms with E-state index in [2.05, 4.69) is 20.1 Å². The van der Waals surface area contributed by atoms with Gasteiger partial charge in [0.1, 0.15) is 0 Å².